The molecule has 0 unspecified atom stereocenters. The Bertz CT molecular complexity index is 753. The van der Waals surface area contributed by atoms with Gasteiger partial charge < -0.3 is 10.1 Å². The molecule has 0 saturated heterocycles. The van der Waals surface area contributed by atoms with Crippen LogP contribution >= 0.6 is 0 Å². The number of hydrogen-bond donors (Lipinski definition) is 2. The van der Waals surface area contributed by atoms with E-state index in [0.717, 1.165) is 22.4 Å². The molecule has 4 nitrogen and oxygen atoms in total. The molecule has 0 amide bonds. The zero-order chi connectivity index (χ0) is 13.9. The number of carboxylic acid groups (broad SMARTS) is 1. The summed E-state index contributed by atoms with van der Waals surface area (Å²) >= 11 is 0. The zero-order valence-corrected chi connectivity index (χ0v) is 10.6. The van der Waals surface area contributed by atoms with Crippen LogP contribution in [0.1, 0.15) is 21.7 Å². The van der Waals surface area contributed by atoms with E-state index < -0.39 is 5.97 Å². The van der Waals surface area contributed by atoms with Gasteiger partial charge in [0.25, 0.3) is 0 Å². The van der Waals surface area contributed by atoms with Gasteiger partial charge in [0.05, 0.1) is 16.6 Å². The van der Waals surface area contributed by atoms with Gasteiger partial charge in [0, 0.05) is 0 Å². The van der Waals surface area contributed by atoms with Crippen molar-refractivity contribution in [3.05, 3.63) is 65.5 Å². The molecule has 0 spiro atoms. The average molecular weight is 264 g/mol. The Morgan fingerprint density at radius 1 is 1.05 bits per heavy atom. The molecule has 20 heavy (non-hydrogen) atoms. The molecule has 0 aliphatic carbocycles. The molecule has 1 heterocycles. The fourth-order valence-electron chi connectivity index (χ4n) is 1.96. The molecule has 2 N–H and O–H groups in total. The number of aromatic amines is 1. The highest BCUT2D eigenvalue weighted by atomic mass is 16.4. The molecule has 4 heteroatoms. The van der Waals surface area contributed by atoms with Crippen molar-refractivity contribution in [3.8, 4) is 0 Å². The van der Waals surface area contributed by atoms with E-state index >= 15 is 0 Å². The molecule has 1 aromatic heterocycles. The quantitative estimate of drug-likeness (QED) is 0.761. The summed E-state index contributed by atoms with van der Waals surface area (Å²) < 4.78 is 0. The number of aromatic nitrogens is 2. The van der Waals surface area contributed by atoms with Crippen molar-refractivity contribution in [3.63, 3.8) is 0 Å². The van der Waals surface area contributed by atoms with Gasteiger partial charge >= 0.3 is 5.97 Å². The lowest BCUT2D eigenvalue weighted by Gasteiger charge is -1.95. The third-order valence-corrected chi connectivity index (χ3v) is 3.00. The number of nitrogens with zero attached hydrogens (tertiary/aromatic N) is 1. The van der Waals surface area contributed by atoms with E-state index in [9.17, 15) is 4.79 Å². The first kappa shape index (κ1) is 12.2. The van der Waals surface area contributed by atoms with Crippen LogP contribution in [0.3, 0.4) is 0 Å². The van der Waals surface area contributed by atoms with E-state index in [0.29, 0.717) is 0 Å². The molecule has 0 aliphatic heterocycles. The first-order valence-corrected chi connectivity index (χ1v) is 6.18. The fraction of sp³-hybridized carbons (Fsp3) is 0. The van der Waals surface area contributed by atoms with Gasteiger partial charge in [0.2, 0.25) is 0 Å². The third-order valence-electron chi connectivity index (χ3n) is 3.00. The second-order valence-electron chi connectivity index (χ2n) is 4.40. The fourth-order valence-corrected chi connectivity index (χ4v) is 1.96. The third kappa shape index (κ3) is 2.44. The summed E-state index contributed by atoms with van der Waals surface area (Å²) in [7, 11) is 0. The maximum atomic E-state index is 10.8. The molecule has 0 aliphatic rings. The Morgan fingerprint density at radius 2 is 1.80 bits per heavy atom. The first-order chi connectivity index (χ1) is 9.72. The van der Waals surface area contributed by atoms with Crippen molar-refractivity contribution in [1.29, 1.82) is 0 Å². The van der Waals surface area contributed by atoms with Crippen LogP contribution < -0.4 is 0 Å². The van der Waals surface area contributed by atoms with Crippen molar-refractivity contribution in [2.24, 2.45) is 0 Å². The Labute approximate surface area is 115 Å². The van der Waals surface area contributed by atoms with Gasteiger partial charge in [0.1, 0.15) is 5.82 Å². The van der Waals surface area contributed by atoms with Crippen LogP contribution in [0.4, 0.5) is 0 Å². The number of fused-ring (bicyclic) bond motifs is 1. The van der Waals surface area contributed by atoms with Crippen molar-refractivity contribution in [2.45, 2.75) is 0 Å². The van der Waals surface area contributed by atoms with Gasteiger partial charge in [-0.05, 0) is 35.9 Å². The van der Waals surface area contributed by atoms with Gasteiger partial charge in [-0.25, -0.2) is 9.78 Å². The Balaban J connectivity index is 1.84. The maximum Gasteiger partial charge on any atom is 0.335 e. The molecular weight excluding hydrogens is 252 g/mol. The predicted octanol–water partition coefficient (Wildman–Crippen LogP) is 3.43. The molecule has 0 bridgehead atoms. The van der Waals surface area contributed by atoms with Crippen molar-refractivity contribution >= 4 is 29.2 Å². The molecule has 0 saturated carbocycles. The van der Waals surface area contributed by atoms with Crippen LogP contribution in [-0.2, 0) is 0 Å². The number of aromatic carboxylic acids is 1. The van der Waals surface area contributed by atoms with Gasteiger partial charge in [-0.1, -0.05) is 30.3 Å². The van der Waals surface area contributed by atoms with Crippen LogP contribution in [0, 0.1) is 0 Å². The lowest BCUT2D eigenvalue weighted by Crippen LogP contribution is -1.94. The summed E-state index contributed by atoms with van der Waals surface area (Å²) in [4.78, 5) is 18.4. The Morgan fingerprint density at radius 3 is 2.50 bits per heavy atom. The monoisotopic (exact) mass is 264 g/mol. The number of imidazole rings is 1. The molecule has 0 radical (unpaired) electrons. The topological polar surface area (TPSA) is 66.0 Å². The van der Waals surface area contributed by atoms with Gasteiger partial charge in [0.15, 0.2) is 0 Å². The number of H-pyrrole nitrogens is 1. The minimum Gasteiger partial charge on any atom is -0.478 e. The molecule has 0 atom stereocenters. The summed E-state index contributed by atoms with van der Waals surface area (Å²) in [5.41, 5.74) is 3.13. The standard InChI is InChI=1S/C16H12N2O2/c19-16(20)12-8-5-11(6-9-12)7-10-15-17-13-3-1-2-4-14(13)18-15/h1-10H,(H,17,18)(H,19,20). The Kier molecular flexibility index (Phi) is 3.05. The second kappa shape index (κ2) is 5.01. The number of para-hydroxylation sites is 2. The predicted molar refractivity (Wildman–Crippen MR) is 78.4 cm³/mol. The van der Waals surface area contributed by atoms with E-state index in [1.54, 1.807) is 24.3 Å². The van der Waals surface area contributed by atoms with Gasteiger partial charge in [-0.3, -0.25) is 0 Å². The number of carbonyl (C=O) groups is 1. The molecule has 0 fully saturated rings. The second-order valence-corrected chi connectivity index (χ2v) is 4.40. The minimum atomic E-state index is -0.919. The van der Waals surface area contributed by atoms with Gasteiger partial charge in [-0.2, -0.15) is 0 Å². The molecule has 3 aromatic rings. The summed E-state index contributed by atoms with van der Waals surface area (Å²) in [5.74, 6) is -0.147. The molecule has 3 rings (SSSR count). The molecule has 2 aromatic carbocycles. The highest BCUT2D eigenvalue weighted by molar-refractivity contribution is 5.88. The number of hydrogen-bond acceptors (Lipinski definition) is 2. The first-order valence-electron chi connectivity index (χ1n) is 6.18. The van der Waals surface area contributed by atoms with E-state index in [1.165, 1.54) is 0 Å². The summed E-state index contributed by atoms with van der Waals surface area (Å²) in [6.45, 7) is 0. The zero-order valence-electron chi connectivity index (χ0n) is 10.6. The highest BCUT2D eigenvalue weighted by Crippen LogP contribution is 2.13. The molecule has 98 valence electrons. The van der Waals surface area contributed by atoms with Crippen LogP contribution in [0.2, 0.25) is 0 Å². The van der Waals surface area contributed by atoms with E-state index in [2.05, 4.69) is 9.97 Å². The normalized spacial score (nSPS) is 11.2. The largest absolute Gasteiger partial charge is 0.478 e. The minimum absolute atomic E-state index is 0.283. The van der Waals surface area contributed by atoms with E-state index in [1.807, 2.05) is 36.4 Å². The number of nitrogens with one attached hydrogen (secondary N) is 1. The van der Waals surface area contributed by atoms with E-state index in [4.69, 9.17) is 5.11 Å². The van der Waals surface area contributed by atoms with Crippen LogP contribution in [-0.4, -0.2) is 21.0 Å². The van der Waals surface area contributed by atoms with Crippen LogP contribution in [0.25, 0.3) is 23.2 Å². The summed E-state index contributed by atoms with van der Waals surface area (Å²) in [6.07, 6.45) is 3.76. The SMILES string of the molecule is O=C(O)c1ccc(C=Cc2nc3ccccc3[nH]2)cc1. The smallest absolute Gasteiger partial charge is 0.335 e. The van der Waals surface area contributed by atoms with Crippen molar-refractivity contribution in [1.82, 2.24) is 9.97 Å². The number of rotatable bonds is 3. The Hall–Kier alpha value is -2.88. The lowest BCUT2D eigenvalue weighted by molar-refractivity contribution is 0.0697. The van der Waals surface area contributed by atoms with Crippen molar-refractivity contribution < 1.29 is 9.90 Å². The molecular formula is C16H12N2O2. The van der Waals surface area contributed by atoms with Gasteiger partial charge in [-0.15, -0.1) is 0 Å². The number of benzene rings is 2. The van der Waals surface area contributed by atoms with E-state index in [-0.39, 0.29) is 5.56 Å². The average Bonchev–Trinajstić information content (AvgIpc) is 2.88. The lowest BCUT2D eigenvalue weighted by atomic mass is 10.1. The van der Waals surface area contributed by atoms with Crippen LogP contribution in [0.5, 0.6) is 0 Å². The van der Waals surface area contributed by atoms with Crippen LogP contribution in [0.15, 0.2) is 48.5 Å². The number of carboxylic acids is 1. The maximum absolute atomic E-state index is 10.8. The highest BCUT2D eigenvalue weighted by Gasteiger charge is 2.01. The summed E-state index contributed by atoms with van der Waals surface area (Å²) in [5, 5.41) is 8.83. The van der Waals surface area contributed by atoms with Crippen molar-refractivity contribution in [2.75, 3.05) is 0 Å². The summed E-state index contributed by atoms with van der Waals surface area (Å²) in [6, 6.07) is 14.5.